The number of nitrogens with zero attached hydrogens (tertiary/aromatic N) is 3. The van der Waals surface area contributed by atoms with E-state index < -0.39 is 0 Å². The highest BCUT2D eigenvalue weighted by molar-refractivity contribution is 7.09. The summed E-state index contributed by atoms with van der Waals surface area (Å²) in [6.45, 7) is 1.01. The Kier molecular flexibility index (Phi) is 3.29. The molecule has 3 rings (SSSR count). The summed E-state index contributed by atoms with van der Waals surface area (Å²) >= 11 is 1.53. The van der Waals surface area contributed by atoms with Gasteiger partial charge in [-0.3, -0.25) is 0 Å². The normalized spacial score (nSPS) is 11.3. The van der Waals surface area contributed by atoms with E-state index in [2.05, 4.69) is 9.97 Å². The Bertz CT molecular complexity index is 704. The molecule has 0 aliphatic heterocycles. The lowest BCUT2D eigenvalue weighted by atomic mass is 10.3. The zero-order valence-corrected chi connectivity index (χ0v) is 11.1. The first kappa shape index (κ1) is 12.3. The standard InChI is InChI=1S/C13H14N4OS/c14-7-12-15-10(8-19-12)13-16-9-3-1-2-4-11(9)17(13)5-6-18/h1-4,8,18H,5-7,14H2. The van der Waals surface area contributed by atoms with E-state index in [4.69, 9.17) is 5.73 Å². The summed E-state index contributed by atoms with van der Waals surface area (Å²) in [5.74, 6) is 0.784. The number of benzene rings is 1. The Hall–Kier alpha value is -1.76. The predicted octanol–water partition coefficient (Wildman–Crippen LogP) is 1.61. The molecule has 2 heterocycles. The highest BCUT2D eigenvalue weighted by atomic mass is 32.1. The van der Waals surface area contributed by atoms with Crippen molar-refractivity contribution in [2.24, 2.45) is 5.73 Å². The molecule has 0 saturated carbocycles. The van der Waals surface area contributed by atoms with Crippen LogP contribution in [0.15, 0.2) is 29.6 Å². The highest BCUT2D eigenvalue weighted by Crippen LogP contribution is 2.25. The Morgan fingerprint density at radius 1 is 1.26 bits per heavy atom. The van der Waals surface area contributed by atoms with Gasteiger partial charge in [-0.25, -0.2) is 9.97 Å². The van der Waals surface area contributed by atoms with Gasteiger partial charge < -0.3 is 15.4 Å². The molecule has 0 saturated heterocycles. The molecule has 0 amide bonds. The molecule has 0 fully saturated rings. The molecule has 0 spiro atoms. The lowest BCUT2D eigenvalue weighted by Crippen LogP contribution is -2.04. The van der Waals surface area contributed by atoms with Crippen molar-refractivity contribution in [1.29, 1.82) is 0 Å². The maximum Gasteiger partial charge on any atom is 0.160 e. The van der Waals surface area contributed by atoms with Crippen molar-refractivity contribution in [3.63, 3.8) is 0 Å². The first-order valence-corrected chi connectivity index (χ1v) is 6.92. The first-order valence-electron chi connectivity index (χ1n) is 6.04. The molecule has 98 valence electrons. The van der Waals surface area contributed by atoms with Gasteiger partial charge in [0.15, 0.2) is 5.82 Å². The number of hydrogen-bond donors (Lipinski definition) is 2. The molecule has 3 N–H and O–H groups in total. The van der Waals surface area contributed by atoms with Crippen molar-refractivity contribution in [3.05, 3.63) is 34.7 Å². The summed E-state index contributed by atoms with van der Waals surface area (Å²) in [5.41, 5.74) is 8.33. The maximum atomic E-state index is 9.23. The number of aliphatic hydroxyl groups is 1. The van der Waals surface area contributed by atoms with Crippen LogP contribution in [0.3, 0.4) is 0 Å². The van der Waals surface area contributed by atoms with Crippen molar-refractivity contribution in [3.8, 4) is 11.5 Å². The fraction of sp³-hybridized carbons (Fsp3) is 0.231. The Morgan fingerprint density at radius 3 is 2.84 bits per heavy atom. The number of aromatic nitrogens is 3. The SMILES string of the molecule is NCc1nc(-c2nc3ccccc3n2CCO)cs1. The zero-order valence-electron chi connectivity index (χ0n) is 10.3. The van der Waals surface area contributed by atoms with E-state index in [0.29, 0.717) is 13.1 Å². The second-order valence-corrected chi connectivity index (χ2v) is 5.07. The monoisotopic (exact) mass is 274 g/mol. The number of nitrogens with two attached hydrogens (primary N) is 1. The topological polar surface area (TPSA) is 77.0 Å². The van der Waals surface area contributed by atoms with Crippen molar-refractivity contribution < 1.29 is 5.11 Å². The molecule has 0 unspecified atom stereocenters. The summed E-state index contributed by atoms with van der Waals surface area (Å²) in [4.78, 5) is 9.07. The number of hydrogen-bond acceptors (Lipinski definition) is 5. The smallest absolute Gasteiger partial charge is 0.160 e. The van der Waals surface area contributed by atoms with Gasteiger partial charge in [-0.05, 0) is 12.1 Å². The van der Waals surface area contributed by atoms with E-state index in [-0.39, 0.29) is 6.61 Å². The van der Waals surface area contributed by atoms with E-state index >= 15 is 0 Å². The van der Waals surface area contributed by atoms with Gasteiger partial charge in [0.05, 0.1) is 17.6 Å². The Labute approximate surface area is 114 Å². The summed E-state index contributed by atoms with van der Waals surface area (Å²) in [6, 6.07) is 7.88. The molecule has 0 bridgehead atoms. The van der Waals surface area contributed by atoms with Gasteiger partial charge >= 0.3 is 0 Å². The highest BCUT2D eigenvalue weighted by Gasteiger charge is 2.14. The van der Waals surface area contributed by atoms with E-state index in [0.717, 1.165) is 27.6 Å². The van der Waals surface area contributed by atoms with Gasteiger partial charge in [0.2, 0.25) is 0 Å². The molecular formula is C13H14N4OS. The molecule has 3 aromatic rings. The van der Waals surface area contributed by atoms with E-state index in [1.165, 1.54) is 11.3 Å². The average molecular weight is 274 g/mol. The van der Waals surface area contributed by atoms with Crippen LogP contribution in [0, 0.1) is 0 Å². The average Bonchev–Trinajstić information content (AvgIpc) is 3.04. The maximum absolute atomic E-state index is 9.23. The largest absolute Gasteiger partial charge is 0.395 e. The second kappa shape index (κ2) is 5.08. The fourth-order valence-corrected chi connectivity index (χ4v) is 2.76. The summed E-state index contributed by atoms with van der Waals surface area (Å²) < 4.78 is 1.99. The summed E-state index contributed by atoms with van der Waals surface area (Å²) in [6.07, 6.45) is 0. The Balaban J connectivity index is 2.18. The molecule has 0 radical (unpaired) electrons. The molecule has 5 nitrogen and oxygen atoms in total. The second-order valence-electron chi connectivity index (χ2n) is 4.13. The minimum absolute atomic E-state index is 0.0707. The lowest BCUT2D eigenvalue weighted by Gasteiger charge is -2.04. The van der Waals surface area contributed by atoms with Gasteiger partial charge in [0.25, 0.3) is 0 Å². The van der Waals surface area contributed by atoms with E-state index in [1.807, 2.05) is 34.2 Å². The van der Waals surface area contributed by atoms with Crippen LogP contribution in [-0.2, 0) is 13.1 Å². The first-order chi connectivity index (χ1) is 9.33. The molecular weight excluding hydrogens is 260 g/mol. The third-order valence-electron chi connectivity index (χ3n) is 2.93. The van der Waals surface area contributed by atoms with Crippen LogP contribution in [0.25, 0.3) is 22.6 Å². The van der Waals surface area contributed by atoms with Crippen molar-refractivity contribution >= 4 is 22.4 Å². The third kappa shape index (κ3) is 2.14. The number of imidazole rings is 1. The van der Waals surface area contributed by atoms with Gasteiger partial charge in [-0.15, -0.1) is 11.3 Å². The van der Waals surface area contributed by atoms with Crippen LogP contribution in [0.1, 0.15) is 5.01 Å². The van der Waals surface area contributed by atoms with Crippen molar-refractivity contribution in [2.75, 3.05) is 6.61 Å². The van der Waals surface area contributed by atoms with Crippen LogP contribution in [0.4, 0.5) is 0 Å². The van der Waals surface area contributed by atoms with E-state index in [1.54, 1.807) is 0 Å². The number of fused-ring (bicyclic) bond motifs is 1. The van der Waals surface area contributed by atoms with Gasteiger partial charge in [0.1, 0.15) is 10.7 Å². The van der Waals surface area contributed by atoms with Crippen LogP contribution in [0.2, 0.25) is 0 Å². The number of thiazole rings is 1. The molecule has 1 aromatic carbocycles. The molecule has 2 aromatic heterocycles. The van der Waals surface area contributed by atoms with Crippen LogP contribution in [0.5, 0.6) is 0 Å². The zero-order chi connectivity index (χ0) is 13.2. The number of aliphatic hydroxyl groups excluding tert-OH is 1. The van der Waals surface area contributed by atoms with Crippen molar-refractivity contribution in [2.45, 2.75) is 13.1 Å². The van der Waals surface area contributed by atoms with Gasteiger partial charge in [-0.1, -0.05) is 12.1 Å². The van der Waals surface area contributed by atoms with E-state index in [9.17, 15) is 5.11 Å². The minimum atomic E-state index is 0.0707. The van der Waals surface area contributed by atoms with Crippen LogP contribution in [-0.4, -0.2) is 26.2 Å². The van der Waals surface area contributed by atoms with Gasteiger partial charge in [-0.2, -0.15) is 0 Å². The number of rotatable bonds is 4. The summed E-state index contributed by atoms with van der Waals surface area (Å²) in [5, 5.41) is 12.1. The minimum Gasteiger partial charge on any atom is -0.395 e. The third-order valence-corrected chi connectivity index (χ3v) is 3.80. The molecule has 6 heteroatoms. The fourth-order valence-electron chi connectivity index (χ4n) is 2.10. The van der Waals surface area contributed by atoms with Gasteiger partial charge in [0, 0.05) is 18.5 Å². The predicted molar refractivity (Wildman–Crippen MR) is 75.8 cm³/mol. The van der Waals surface area contributed by atoms with Crippen molar-refractivity contribution in [1.82, 2.24) is 14.5 Å². The summed E-state index contributed by atoms with van der Waals surface area (Å²) in [7, 11) is 0. The molecule has 0 aliphatic carbocycles. The van der Waals surface area contributed by atoms with Crippen LogP contribution >= 0.6 is 11.3 Å². The number of para-hydroxylation sites is 2. The molecule has 0 aliphatic rings. The lowest BCUT2D eigenvalue weighted by molar-refractivity contribution is 0.278. The van der Waals surface area contributed by atoms with Crippen LogP contribution < -0.4 is 5.73 Å². The Morgan fingerprint density at radius 2 is 2.11 bits per heavy atom. The molecule has 0 atom stereocenters. The quantitative estimate of drug-likeness (QED) is 0.757. The molecule has 19 heavy (non-hydrogen) atoms.